The first-order valence-electron chi connectivity index (χ1n) is 12.6. The third-order valence-corrected chi connectivity index (χ3v) is 6.99. The molecule has 3 N–H and O–H groups in total. The van der Waals surface area contributed by atoms with Crippen LogP contribution >= 0.6 is 11.6 Å². The van der Waals surface area contributed by atoms with E-state index in [0.29, 0.717) is 29.3 Å². The largest absolute Gasteiger partial charge is 0.479 e. The summed E-state index contributed by atoms with van der Waals surface area (Å²) >= 11 is 6.20. The van der Waals surface area contributed by atoms with E-state index in [1.165, 1.54) is 24.5 Å². The van der Waals surface area contributed by atoms with E-state index in [0.717, 1.165) is 5.56 Å². The van der Waals surface area contributed by atoms with Gasteiger partial charge >= 0.3 is 11.9 Å². The Hall–Kier alpha value is -4.58. The molecule has 3 unspecified atom stereocenters. The second-order valence-corrected chi connectivity index (χ2v) is 9.98. The summed E-state index contributed by atoms with van der Waals surface area (Å²) in [6.07, 6.45) is 5.35. The number of nitrogens with one attached hydrogen (secondary N) is 1. The topological polar surface area (TPSA) is 175 Å². The van der Waals surface area contributed by atoms with Crippen molar-refractivity contribution >= 4 is 40.5 Å². The second kappa shape index (κ2) is 11.7. The molecule has 0 radical (unpaired) electrons. The number of halogens is 2. The molecular weight excluding hydrogens is 575 g/mol. The molecule has 4 heterocycles. The highest BCUT2D eigenvalue weighted by atomic mass is 35.5. The molecule has 42 heavy (non-hydrogen) atoms. The number of carboxylic acid groups (broad SMARTS) is 2. The summed E-state index contributed by atoms with van der Waals surface area (Å²) in [6.45, 7) is 1.47. The van der Waals surface area contributed by atoms with Crippen LogP contribution in [0.5, 0.6) is 0 Å². The normalized spacial score (nSPS) is 18.7. The molecule has 0 bridgehead atoms. The Morgan fingerprint density at radius 1 is 1.29 bits per heavy atom. The minimum absolute atomic E-state index is 0.0620. The van der Waals surface area contributed by atoms with Crippen molar-refractivity contribution in [3.8, 4) is 12.3 Å². The molecule has 0 spiro atoms. The average molecular weight is 599 g/mol. The Morgan fingerprint density at radius 3 is 2.67 bits per heavy atom. The van der Waals surface area contributed by atoms with Gasteiger partial charge < -0.3 is 29.5 Å². The van der Waals surface area contributed by atoms with Crippen molar-refractivity contribution < 1.29 is 38.2 Å². The molecule has 0 aliphatic carbocycles. The number of terminal acetylenes is 1. The molecule has 4 aromatic rings. The number of ether oxygens (including phenoxy) is 2. The molecule has 1 aliphatic heterocycles. The Bertz CT molecular complexity index is 1650. The number of rotatable bonds is 11. The maximum Gasteiger partial charge on any atom is 0.348 e. The smallest absolute Gasteiger partial charge is 0.348 e. The summed E-state index contributed by atoms with van der Waals surface area (Å²) in [5.41, 5.74) is -1.03. The predicted octanol–water partition coefficient (Wildman–Crippen LogP) is 3.23. The standard InChI is InChI=1S/C27H24ClFN6O7/c1-3-16-9-20(41-19(16)12-40-27(24(36)37,25(38)39)10-18-8-14(2)42-34-18)35-13-31-21-22(32-26(28)33-23(21)35)30-11-15-4-6-17(29)7-5-15/h1,4-8,13,16,19-20H,9-12H2,2H3,(H,36,37)(H,38,39)(H,30,32,33). The van der Waals surface area contributed by atoms with Gasteiger partial charge in [-0.25, -0.2) is 19.0 Å². The van der Waals surface area contributed by atoms with E-state index in [1.807, 2.05) is 0 Å². The Balaban J connectivity index is 1.35. The van der Waals surface area contributed by atoms with Gasteiger partial charge in [-0.3, -0.25) is 4.57 Å². The minimum Gasteiger partial charge on any atom is -0.479 e. The minimum atomic E-state index is -2.66. The van der Waals surface area contributed by atoms with Gasteiger partial charge in [0.05, 0.1) is 30.7 Å². The maximum absolute atomic E-state index is 13.2. The number of hydrogen-bond donors (Lipinski definition) is 3. The van der Waals surface area contributed by atoms with E-state index in [2.05, 4.69) is 31.3 Å². The van der Waals surface area contributed by atoms with Crippen LogP contribution in [-0.2, 0) is 32.0 Å². The van der Waals surface area contributed by atoms with Gasteiger partial charge in [0.25, 0.3) is 5.60 Å². The molecule has 15 heteroatoms. The molecule has 5 rings (SSSR count). The van der Waals surface area contributed by atoms with Gasteiger partial charge in [0.1, 0.15) is 17.8 Å². The fraction of sp³-hybridized carbons (Fsp3) is 0.333. The molecule has 0 amide bonds. The number of carboxylic acids is 2. The van der Waals surface area contributed by atoms with Crippen LogP contribution < -0.4 is 5.32 Å². The van der Waals surface area contributed by atoms with E-state index in [4.69, 9.17) is 32.0 Å². The number of anilines is 1. The molecule has 3 aromatic heterocycles. The molecule has 0 saturated carbocycles. The maximum atomic E-state index is 13.2. The van der Waals surface area contributed by atoms with Crippen LogP contribution in [0.3, 0.4) is 0 Å². The number of aryl methyl sites for hydroxylation is 1. The Labute approximate surface area is 242 Å². The van der Waals surface area contributed by atoms with Crippen LogP contribution in [0.25, 0.3) is 11.2 Å². The average Bonchev–Trinajstić information content (AvgIpc) is 3.68. The highest BCUT2D eigenvalue weighted by Gasteiger charge is 2.50. The first-order valence-corrected chi connectivity index (χ1v) is 13.0. The number of hydrogen-bond acceptors (Lipinski definition) is 10. The van der Waals surface area contributed by atoms with Crippen LogP contribution in [0, 0.1) is 31.0 Å². The van der Waals surface area contributed by atoms with Crippen LogP contribution in [0.15, 0.2) is 41.2 Å². The van der Waals surface area contributed by atoms with E-state index in [-0.39, 0.29) is 23.2 Å². The lowest BCUT2D eigenvalue weighted by molar-refractivity contribution is -0.188. The number of benzene rings is 1. The van der Waals surface area contributed by atoms with Gasteiger partial charge in [0.2, 0.25) is 5.28 Å². The SMILES string of the molecule is C#CC1CC(n2cnc3c(NCc4ccc(F)cc4)nc(Cl)nc32)OC1COC(Cc1cc(C)on1)(C(=O)O)C(=O)O. The molecule has 1 aliphatic rings. The zero-order valence-corrected chi connectivity index (χ0v) is 22.8. The molecular formula is C27H24ClFN6O7. The number of carbonyl (C=O) groups is 2. The quantitative estimate of drug-likeness (QED) is 0.131. The second-order valence-electron chi connectivity index (χ2n) is 9.64. The lowest BCUT2D eigenvalue weighted by Crippen LogP contribution is -2.52. The van der Waals surface area contributed by atoms with Crippen molar-refractivity contribution in [2.24, 2.45) is 5.92 Å². The van der Waals surface area contributed by atoms with Crippen molar-refractivity contribution in [3.05, 3.63) is 64.8 Å². The number of imidazole rings is 1. The van der Waals surface area contributed by atoms with Gasteiger partial charge in [0, 0.05) is 25.5 Å². The number of fused-ring (bicyclic) bond motifs is 1. The third kappa shape index (κ3) is 5.75. The van der Waals surface area contributed by atoms with Gasteiger partial charge in [-0.2, -0.15) is 9.97 Å². The zero-order chi connectivity index (χ0) is 30.0. The van der Waals surface area contributed by atoms with Gasteiger partial charge in [-0.05, 0) is 36.2 Å². The van der Waals surface area contributed by atoms with Crippen molar-refractivity contribution in [2.45, 2.75) is 44.2 Å². The van der Waals surface area contributed by atoms with Crippen molar-refractivity contribution in [1.29, 1.82) is 0 Å². The lowest BCUT2D eigenvalue weighted by atomic mass is 9.96. The highest BCUT2D eigenvalue weighted by molar-refractivity contribution is 6.28. The lowest BCUT2D eigenvalue weighted by Gasteiger charge is -2.26. The monoisotopic (exact) mass is 598 g/mol. The summed E-state index contributed by atoms with van der Waals surface area (Å²) in [7, 11) is 0. The molecule has 3 atom stereocenters. The van der Waals surface area contributed by atoms with Gasteiger partial charge in [-0.15, -0.1) is 12.3 Å². The number of aliphatic carboxylic acids is 2. The molecule has 218 valence electrons. The number of aromatic nitrogens is 5. The predicted molar refractivity (Wildman–Crippen MR) is 144 cm³/mol. The van der Waals surface area contributed by atoms with Gasteiger partial charge in [-0.1, -0.05) is 17.3 Å². The van der Waals surface area contributed by atoms with Crippen molar-refractivity contribution in [1.82, 2.24) is 24.7 Å². The van der Waals surface area contributed by atoms with E-state index >= 15 is 0 Å². The fourth-order valence-corrected chi connectivity index (χ4v) is 4.81. The Kier molecular flexibility index (Phi) is 8.08. The number of nitrogens with zero attached hydrogens (tertiary/aromatic N) is 5. The molecule has 1 saturated heterocycles. The van der Waals surface area contributed by atoms with Crippen LogP contribution in [-0.4, -0.2) is 65.1 Å². The summed E-state index contributed by atoms with van der Waals surface area (Å²) in [5, 5.41) is 26.5. The third-order valence-electron chi connectivity index (χ3n) is 6.82. The van der Waals surface area contributed by atoms with Crippen LogP contribution in [0.1, 0.15) is 29.7 Å². The van der Waals surface area contributed by atoms with Crippen molar-refractivity contribution in [2.75, 3.05) is 11.9 Å². The van der Waals surface area contributed by atoms with Crippen LogP contribution in [0.4, 0.5) is 10.2 Å². The zero-order valence-electron chi connectivity index (χ0n) is 22.0. The van der Waals surface area contributed by atoms with E-state index in [9.17, 15) is 24.2 Å². The summed E-state index contributed by atoms with van der Waals surface area (Å²) in [5.74, 6) is -1.00. The van der Waals surface area contributed by atoms with E-state index in [1.54, 1.807) is 23.6 Å². The molecule has 13 nitrogen and oxygen atoms in total. The summed E-state index contributed by atoms with van der Waals surface area (Å²) < 4.78 is 31.5. The Morgan fingerprint density at radius 2 is 2.02 bits per heavy atom. The summed E-state index contributed by atoms with van der Waals surface area (Å²) in [4.78, 5) is 37.2. The molecule has 1 fully saturated rings. The van der Waals surface area contributed by atoms with Crippen molar-refractivity contribution in [3.63, 3.8) is 0 Å². The first kappa shape index (κ1) is 28.9. The fourth-order valence-electron chi connectivity index (χ4n) is 4.64. The first-order chi connectivity index (χ1) is 20.1. The van der Waals surface area contributed by atoms with Gasteiger partial charge in [0.15, 0.2) is 17.0 Å². The highest BCUT2D eigenvalue weighted by Crippen LogP contribution is 2.36. The summed E-state index contributed by atoms with van der Waals surface area (Å²) in [6, 6.07) is 7.38. The van der Waals surface area contributed by atoms with Crippen LogP contribution in [0.2, 0.25) is 5.28 Å². The molecule has 1 aromatic carbocycles. The van der Waals surface area contributed by atoms with E-state index < -0.39 is 48.8 Å².